The van der Waals surface area contributed by atoms with Gasteiger partial charge in [-0.2, -0.15) is 5.10 Å². The first-order chi connectivity index (χ1) is 9.33. The van der Waals surface area contributed by atoms with Gasteiger partial charge in [0.25, 0.3) is 0 Å². The minimum absolute atomic E-state index is 0.715. The Bertz CT molecular complexity index is 637. The van der Waals surface area contributed by atoms with Crippen molar-refractivity contribution in [3.63, 3.8) is 0 Å². The first-order valence-corrected chi connectivity index (χ1v) is 6.13. The fraction of sp³-hybridized carbons (Fsp3) is 0.143. The highest BCUT2D eigenvalue weighted by atomic mass is 15.1. The molecular formula is C14H15N5. The van der Waals surface area contributed by atoms with Crippen LogP contribution < -0.4 is 5.32 Å². The number of nitrogens with one attached hydrogen (secondary N) is 2. The quantitative estimate of drug-likeness (QED) is 0.750. The predicted octanol–water partition coefficient (Wildman–Crippen LogP) is 2.42. The smallest absolute Gasteiger partial charge is 0.127 e. The van der Waals surface area contributed by atoms with Gasteiger partial charge in [0.1, 0.15) is 5.82 Å². The van der Waals surface area contributed by atoms with E-state index in [1.807, 2.05) is 23.9 Å². The van der Waals surface area contributed by atoms with Crippen molar-refractivity contribution in [1.82, 2.24) is 19.7 Å². The van der Waals surface area contributed by atoms with Gasteiger partial charge in [-0.05, 0) is 23.8 Å². The molecule has 0 amide bonds. The third kappa shape index (κ3) is 2.49. The van der Waals surface area contributed by atoms with Crippen LogP contribution in [0.1, 0.15) is 5.82 Å². The van der Waals surface area contributed by atoms with E-state index < -0.39 is 0 Å². The Morgan fingerprint density at radius 3 is 2.63 bits per heavy atom. The van der Waals surface area contributed by atoms with Crippen LogP contribution in [0.3, 0.4) is 0 Å². The Morgan fingerprint density at radius 1 is 1.16 bits per heavy atom. The molecule has 0 saturated carbocycles. The zero-order valence-corrected chi connectivity index (χ0v) is 10.7. The third-order valence-corrected chi connectivity index (χ3v) is 3.07. The lowest BCUT2D eigenvalue weighted by atomic mass is 10.1. The second kappa shape index (κ2) is 4.97. The van der Waals surface area contributed by atoms with Crippen molar-refractivity contribution in [3.05, 3.63) is 54.7 Å². The summed E-state index contributed by atoms with van der Waals surface area (Å²) in [6.45, 7) is 0.715. The highest BCUT2D eigenvalue weighted by molar-refractivity contribution is 5.62. The molecule has 96 valence electrons. The average Bonchev–Trinajstić information content (AvgIpc) is 3.09. The molecule has 2 N–H and O–H groups in total. The van der Waals surface area contributed by atoms with Crippen LogP contribution in [0.15, 0.2) is 48.9 Å². The highest BCUT2D eigenvalue weighted by Gasteiger charge is 2.01. The summed E-state index contributed by atoms with van der Waals surface area (Å²) in [6, 6.07) is 10.2. The molecule has 0 bridgehead atoms. The molecule has 3 aromatic rings. The van der Waals surface area contributed by atoms with Gasteiger partial charge in [-0.1, -0.05) is 12.1 Å². The number of anilines is 1. The second-order valence-corrected chi connectivity index (χ2v) is 4.36. The molecule has 1 aromatic carbocycles. The van der Waals surface area contributed by atoms with Crippen molar-refractivity contribution in [1.29, 1.82) is 0 Å². The summed E-state index contributed by atoms with van der Waals surface area (Å²) in [4.78, 5) is 4.28. The fourth-order valence-corrected chi connectivity index (χ4v) is 1.93. The lowest BCUT2D eigenvalue weighted by Gasteiger charge is -2.07. The maximum Gasteiger partial charge on any atom is 0.127 e. The normalized spacial score (nSPS) is 10.6. The van der Waals surface area contributed by atoms with E-state index in [2.05, 4.69) is 44.8 Å². The predicted molar refractivity (Wildman–Crippen MR) is 74.6 cm³/mol. The van der Waals surface area contributed by atoms with E-state index in [4.69, 9.17) is 0 Å². The standard InChI is InChI=1S/C14H15N5/c1-19-9-8-15-14(19)10-16-12-4-2-11(3-5-12)13-6-7-17-18-13/h2-9,16H,10H2,1H3,(H,17,18). The van der Waals surface area contributed by atoms with E-state index in [-0.39, 0.29) is 0 Å². The molecule has 2 heterocycles. The van der Waals surface area contributed by atoms with Gasteiger partial charge in [0.2, 0.25) is 0 Å². The van der Waals surface area contributed by atoms with Gasteiger partial charge in [-0.3, -0.25) is 5.10 Å². The number of benzene rings is 1. The zero-order chi connectivity index (χ0) is 13.1. The number of H-pyrrole nitrogens is 1. The molecule has 0 atom stereocenters. The summed E-state index contributed by atoms with van der Waals surface area (Å²) in [6.07, 6.45) is 5.50. The molecule has 3 rings (SSSR count). The first-order valence-electron chi connectivity index (χ1n) is 6.13. The zero-order valence-electron chi connectivity index (χ0n) is 10.7. The average molecular weight is 253 g/mol. The monoisotopic (exact) mass is 253 g/mol. The molecule has 0 saturated heterocycles. The summed E-state index contributed by atoms with van der Waals surface area (Å²) < 4.78 is 2.01. The Hall–Kier alpha value is -2.56. The molecule has 0 aliphatic heterocycles. The number of hydrogen-bond acceptors (Lipinski definition) is 3. The van der Waals surface area contributed by atoms with Gasteiger partial charge in [0.15, 0.2) is 0 Å². The summed E-state index contributed by atoms with van der Waals surface area (Å²) >= 11 is 0. The van der Waals surface area contributed by atoms with Crippen LogP contribution in [0.2, 0.25) is 0 Å². The molecule has 0 aliphatic rings. The largest absolute Gasteiger partial charge is 0.378 e. The van der Waals surface area contributed by atoms with Crippen LogP contribution in [0.5, 0.6) is 0 Å². The van der Waals surface area contributed by atoms with Crippen molar-refractivity contribution in [2.24, 2.45) is 7.05 Å². The van der Waals surface area contributed by atoms with Crippen LogP contribution in [0.25, 0.3) is 11.3 Å². The first kappa shape index (κ1) is 11.5. The minimum Gasteiger partial charge on any atom is -0.378 e. The van der Waals surface area contributed by atoms with E-state index in [9.17, 15) is 0 Å². The van der Waals surface area contributed by atoms with Crippen LogP contribution in [-0.4, -0.2) is 19.7 Å². The summed E-state index contributed by atoms with van der Waals surface area (Å²) in [7, 11) is 1.99. The van der Waals surface area contributed by atoms with Gasteiger partial charge in [-0.25, -0.2) is 4.98 Å². The summed E-state index contributed by atoms with van der Waals surface area (Å²) in [5.41, 5.74) is 3.22. The number of nitrogens with zero attached hydrogens (tertiary/aromatic N) is 3. The van der Waals surface area contributed by atoms with E-state index in [0.717, 1.165) is 22.8 Å². The van der Waals surface area contributed by atoms with Gasteiger partial charge in [0.05, 0.1) is 12.2 Å². The Kier molecular flexibility index (Phi) is 3.02. The van der Waals surface area contributed by atoms with Crippen molar-refractivity contribution in [2.45, 2.75) is 6.54 Å². The highest BCUT2D eigenvalue weighted by Crippen LogP contribution is 2.19. The van der Waals surface area contributed by atoms with Gasteiger partial charge in [0, 0.05) is 31.3 Å². The Balaban J connectivity index is 1.68. The van der Waals surface area contributed by atoms with Gasteiger partial charge >= 0.3 is 0 Å². The summed E-state index contributed by atoms with van der Waals surface area (Å²) in [5.74, 6) is 1.01. The molecular weight excluding hydrogens is 238 g/mol. The maximum atomic E-state index is 4.28. The molecule has 0 unspecified atom stereocenters. The molecule has 0 fully saturated rings. The summed E-state index contributed by atoms with van der Waals surface area (Å²) in [5, 5.41) is 10.3. The second-order valence-electron chi connectivity index (χ2n) is 4.36. The number of hydrogen-bond donors (Lipinski definition) is 2. The SMILES string of the molecule is Cn1ccnc1CNc1ccc(-c2ccn[nH]2)cc1. The topological polar surface area (TPSA) is 58.5 Å². The number of aromatic amines is 1. The molecule has 2 aromatic heterocycles. The van der Waals surface area contributed by atoms with Gasteiger partial charge < -0.3 is 9.88 Å². The number of aromatic nitrogens is 4. The van der Waals surface area contributed by atoms with E-state index in [1.54, 1.807) is 12.4 Å². The lowest BCUT2D eigenvalue weighted by molar-refractivity contribution is 0.813. The van der Waals surface area contributed by atoms with Crippen molar-refractivity contribution in [3.8, 4) is 11.3 Å². The number of aryl methyl sites for hydroxylation is 1. The van der Waals surface area contributed by atoms with Crippen LogP contribution in [-0.2, 0) is 13.6 Å². The molecule has 0 spiro atoms. The third-order valence-electron chi connectivity index (χ3n) is 3.07. The molecule has 5 nitrogen and oxygen atoms in total. The van der Waals surface area contributed by atoms with E-state index in [0.29, 0.717) is 6.54 Å². The van der Waals surface area contributed by atoms with Crippen molar-refractivity contribution >= 4 is 5.69 Å². The minimum atomic E-state index is 0.715. The Morgan fingerprint density at radius 2 is 2.00 bits per heavy atom. The van der Waals surface area contributed by atoms with Crippen LogP contribution in [0, 0.1) is 0 Å². The lowest BCUT2D eigenvalue weighted by Crippen LogP contribution is -2.05. The molecule has 5 heteroatoms. The number of imidazole rings is 1. The molecule has 0 aliphatic carbocycles. The fourth-order valence-electron chi connectivity index (χ4n) is 1.93. The van der Waals surface area contributed by atoms with E-state index in [1.165, 1.54) is 0 Å². The Labute approximate surface area is 111 Å². The van der Waals surface area contributed by atoms with Gasteiger partial charge in [-0.15, -0.1) is 0 Å². The van der Waals surface area contributed by atoms with E-state index >= 15 is 0 Å². The van der Waals surface area contributed by atoms with Crippen LogP contribution >= 0.6 is 0 Å². The maximum absolute atomic E-state index is 4.28. The molecule has 0 radical (unpaired) electrons. The number of rotatable bonds is 4. The van der Waals surface area contributed by atoms with Crippen LogP contribution in [0.4, 0.5) is 5.69 Å². The van der Waals surface area contributed by atoms with Crippen molar-refractivity contribution < 1.29 is 0 Å². The molecule has 19 heavy (non-hydrogen) atoms. The van der Waals surface area contributed by atoms with Crippen molar-refractivity contribution in [2.75, 3.05) is 5.32 Å².